The third kappa shape index (κ3) is 4.51. The molecule has 0 aromatic rings. The molecule has 1 rings (SSSR count). The minimum absolute atomic E-state index is 0.136. The van der Waals surface area contributed by atoms with Gasteiger partial charge in [-0.05, 0) is 31.1 Å². The van der Waals surface area contributed by atoms with Crippen LogP contribution in [0.1, 0.15) is 40.5 Å². The predicted octanol–water partition coefficient (Wildman–Crippen LogP) is 2.70. The summed E-state index contributed by atoms with van der Waals surface area (Å²) in [5.74, 6) is 1.66. The van der Waals surface area contributed by atoms with E-state index < -0.39 is 5.97 Å². The lowest BCUT2D eigenvalue weighted by molar-refractivity contribution is -0.138. The van der Waals surface area contributed by atoms with E-state index in [0.29, 0.717) is 11.5 Å². The van der Waals surface area contributed by atoms with E-state index in [2.05, 4.69) is 25.7 Å². The van der Waals surface area contributed by atoms with E-state index in [-0.39, 0.29) is 12.5 Å². The largest absolute Gasteiger partial charge is 0.481 e. The molecule has 2 unspecified atom stereocenters. The maximum atomic E-state index is 10.8. The van der Waals surface area contributed by atoms with Gasteiger partial charge in [-0.2, -0.15) is 11.8 Å². The zero-order valence-electron chi connectivity index (χ0n) is 11.4. The molecule has 0 aliphatic carbocycles. The molecule has 1 heterocycles. The summed E-state index contributed by atoms with van der Waals surface area (Å²) in [5, 5.41) is 8.90. The Morgan fingerprint density at radius 1 is 1.59 bits per heavy atom. The van der Waals surface area contributed by atoms with Gasteiger partial charge in [0.2, 0.25) is 0 Å². The van der Waals surface area contributed by atoms with Crippen molar-refractivity contribution in [3.63, 3.8) is 0 Å². The van der Waals surface area contributed by atoms with Gasteiger partial charge in [-0.3, -0.25) is 9.69 Å². The van der Waals surface area contributed by atoms with Crippen LogP contribution < -0.4 is 0 Å². The average molecular weight is 259 g/mol. The molecule has 4 heteroatoms. The summed E-state index contributed by atoms with van der Waals surface area (Å²) >= 11 is 2.00. The normalized spacial score (nSPS) is 25.8. The van der Waals surface area contributed by atoms with Crippen molar-refractivity contribution in [1.29, 1.82) is 0 Å². The fourth-order valence-electron chi connectivity index (χ4n) is 2.74. The van der Waals surface area contributed by atoms with Gasteiger partial charge in [0.15, 0.2) is 0 Å². The summed E-state index contributed by atoms with van der Waals surface area (Å²) in [6.45, 7) is 9.72. The molecule has 1 aliphatic heterocycles. The second kappa shape index (κ2) is 6.10. The van der Waals surface area contributed by atoms with Crippen molar-refractivity contribution >= 4 is 17.7 Å². The van der Waals surface area contributed by atoms with E-state index in [1.165, 1.54) is 12.2 Å². The first kappa shape index (κ1) is 14.8. The Kier molecular flexibility index (Phi) is 5.32. The summed E-state index contributed by atoms with van der Waals surface area (Å²) < 4.78 is 0. The fraction of sp³-hybridized carbons (Fsp3) is 0.923. The Morgan fingerprint density at radius 3 is 2.71 bits per heavy atom. The van der Waals surface area contributed by atoms with Crippen molar-refractivity contribution in [3.05, 3.63) is 0 Å². The SMILES string of the molecule is CCN(C(C)CC(=O)O)C1CSCC(C)(C)C1. The number of carboxylic acids is 1. The number of thioether (sulfide) groups is 1. The first-order valence-electron chi connectivity index (χ1n) is 6.41. The lowest BCUT2D eigenvalue weighted by Crippen LogP contribution is -2.48. The molecule has 1 aliphatic rings. The van der Waals surface area contributed by atoms with Gasteiger partial charge in [-0.15, -0.1) is 0 Å². The highest BCUT2D eigenvalue weighted by Crippen LogP contribution is 2.36. The second-order valence-corrected chi connectivity index (χ2v) is 6.84. The van der Waals surface area contributed by atoms with Crippen LogP contribution in [0.15, 0.2) is 0 Å². The third-order valence-corrected chi connectivity index (χ3v) is 5.07. The Morgan fingerprint density at radius 2 is 2.24 bits per heavy atom. The number of hydrogen-bond donors (Lipinski definition) is 1. The molecule has 0 bridgehead atoms. The van der Waals surface area contributed by atoms with Crippen LogP contribution in [0.25, 0.3) is 0 Å². The number of aliphatic carboxylic acids is 1. The summed E-state index contributed by atoms with van der Waals surface area (Å²) in [4.78, 5) is 13.2. The van der Waals surface area contributed by atoms with Crippen LogP contribution in [-0.4, -0.2) is 46.1 Å². The number of rotatable bonds is 5. The van der Waals surface area contributed by atoms with Crippen LogP contribution in [-0.2, 0) is 4.79 Å². The first-order valence-corrected chi connectivity index (χ1v) is 7.56. The van der Waals surface area contributed by atoms with Crippen molar-refractivity contribution in [1.82, 2.24) is 4.90 Å². The monoisotopic (exact) mass is 259 g/mol. The lowest BCUT2D eigenvalue weighted by Gasteiger charge is -2.42. The van der Waals surface area contributed by atoms with Crippen LogP contribution in [0, 0.1) is 5.41 Å². The summed E-state index contributed by atoms with van der Waals surface area (Å²) in [7, 11) is 0. The molecule has 3 nitrogen and oxygen atoms in total. The molecule has 0 spiro atoms. The highest BCUT2D eigenvalue weighted by atomic mass is 32.2. The van der Waals surface area contributed by atoms with Gasteiger partial charge in [-0.25, -0.2) is 0 Å². The van der Waals surface area contributed by atoms with Crippen LogP contribution in [0.2, 0.25) is 0 Å². The Balaban J connectivity index is 2.63. The Labute approximate surface area is 109 Å². The van der Waals surface area contributed by atoms with Gasteiger partial charge in [0.05, 0.1) is 6.42 Å². The molecule has 1 fully saturated rings. The van der Waals surface area contributed by atoms with Crippen molar-refractivity contribution in [3.8, 4) is 0 Å². The van der Waals surface area contributed by atoms with E-state index in [9.17, 15) is 4.79 Å². The van der Waals surface area contributed by atoms with Gasteiger partial charge in [0.1, 0.15) is 0 Å². The first-order chi connectivity index (χ1) is 7.85. The van der Waals surface area contributed by atoms with Crippen molar-refractivity contribution in [2.45, 2.75) is 52.6 Å². The van der Waals surface area contributed by atoms with Crippen LogP contribution in [0.3, 0.4) is 0 Å². The Bertz CT molecular complexity index is 268. The minimum Gasteiger partial charge on any atom is -0.481 e. The molecule has 17 heavy (non-hydrogen) atoms. The van der Waals surface area contributed by atoms with Crippen LogP contribution in [0.5, 0.6) is 0 Å². The van der Waals surface area contributed by atoms with E-state index >= 15 is 0 Å². The highest BCUT2D eigenvalue weighted by Gasteiger charge is 2.33. The molecular weight excluding hydrogens is 234 g/mol. The fourth-order valence-corrected chi connectivity index (χ4v) is 4.11. The van der Waals surface area contributed by atoms with Crippen molar-refractivity contribution in [2.24, 2.45) is 5.41 Å². The Hall–Kier alpha value is -0.220. The number of nitrogens with zero attached hydrogens (tertiary/aromatic N) is 1. The number of carboxylic acid groups (broad SMARTS) is 1. The van der Waals surface area contributed by atoms with E-state index in [4.69, 9.17) is 5.11 Å². The van der Waals surface area contributed by atoms with Gasteiger partial charge < -0.3 is 5.11 Å². The molecule has 100 valence electrons. The van der Waals surface area contributed by atoms with E-state index in [1.807, 2.05) is 18.7 Å². The zero-order valence-corrected chi connectivity index (χ0v) is 12.2. The number of hydrogen-bond acceptors (Lipinski definition) is 3. The highest BCUT2D eigenvalue weighted by molar-refractivity contribution is 7.99. The number of carbonyl (C=O) groups is 1. The van der Waals surface area contributed by atoms with Crippen LogP contribution >= 0.6 is 11.8 Å². The second-order valence-electron chi connectivity index (χ2n) is 5.81. The van der Waals surface area contributed by atoms with Crippen LogP contribution in [0.4, 0.5) is 0 Å². The molecule has 1 saturated heterocycles. The average Bonchev–Trinajstić information content (AvgIpc) is 2.15. The summed E-state index contributed by atoms with van der Waals surface area (Å²) in [6, 6.07) is 0.667. The van der Waals surface area contributed by atoms with E-state index in [0.717, 1.165) is 12.3 Å². The molecule has 0 saturated carbocycles. The summed E-state index contributed by atoms with van der Waals surface area (Å²) in [6.07, 6.45) is 1.42. The minimum atomic E-state index is -0.696. The molecular formula is C13H25NO2S. The predicted molar refractivity (Wildman–Crippen MR) is 73.6 cm³/mol. The van der Waals surface area contributed by atoms with Crippen molar-refractivity contribution in [2.75, 3.05) is 18.1 Å². The lowest BCUT2D eigenvalue weighted by atomic mass is 9.86. The van der Waals surface area contributed by atoms with Crippen molar-refractivity contribution < 1.29 is 9.90 Å². The third-order valence-electron chi connectivity index (χ3n) is 3.46. The molecule has 0 radical (unpaired) electrons. The molecule has 0 aromatic heterocycles. The quantitative estimate of drug-likeness (QED) is 0.824. The smallest absolute Gasteiger partial charge is 0.304 e. The van der Waals surface area contributed by atoms with Gasteiger partial charge in [-0.1, -0.05) is 20.8 Å². The summed E-state index contributed by atoms with van der Waals surface area (Å²) in [5.41, 5.74) is 0.379. The van der Waals surface area contributed by atoms with Gasteiger partial charge >= 0.3 is 5.97 Å². The van der Waals surface area contributed by atoms with Gasteiger partial charge in [0.25, 0.3) is 0 Å². The van der Waals surface area contributed by atoms with Gasteiger partial charge in [0, 0.05) is 17.8 Å². The zero-order chi connectivity index (χ0) is 13.1. The maximum Gasteiger partial charge on any atom is 0.304 e. The topological polar surface area (TPSA) is 40.5 Å². The standard InChI is InChI=1S/C13H25NO2S/c1-5-14(10(2)6-12(15)16)11-7-13(3,4)9-17-8-11/h10-11H,5-9H2,1-4H3,(H,15,16). The molecule has 0 amide bonds. The molecule has 2 atom stereocenters. The molecule has 0 aromatic carbocycles. The maximum absolute atomic E-state index is 10.8. The van der Waals surface area contributed by atoms with E-state index in [1.54, 1.807) is 0 Å². The molecule has 1 N–H and O–H groups in total.